The standard InChI is InChI=1S/C11H19N3O2/c1-8(2)14(5-6-15)11(16)10-7-9(3)12-13(10)4/h7-8,15H,5-6H2,1-4H3. The highest BCUT2D eigenvalue weighted by molar-refractivity contribution is 5.92. The van der Waals surface area contributed by atoms with E-state index >= 15 is 0 Å². The molecule has 1 amide bonds. The molecule has 5 heteroatoms. The molecule has 0 aliphatic rings. The number of carbonyl (C=O) groups excluding carboxylic acids is 1. The van der Waals surface area contributed by atoms with Crippen LogP contribution >= 0.6 is 0 Å². The van der Waals surface area contributed by atoms with Gasteiger partial charge in [-0.2, -0.15) is 5.10 Å². The van der Waals surface area contributed by atoms with Crippen molar-refractivity contribution in [3.05, 3.63) is 17.5 Å². The van der Waals surface area contributed by atoms with E-state index in [1.54, 1.807) is 22.7 Å². The van der Waals surface area contributed by atoms with Crippen LogP contribution in [0.5, 0.6) is 0 Å². The Morgan fingerprint density at radius 1 is 1.62 bits per heavy atom. The summed E-state index contributed by atoms with van der Waals surface area (Å²) >= 11 is 0. The lowest BCUT2D eigenvalue weighted by Crippen LogP contribution is -2.39. The summed E-state index contributed by atoms with van der Waals surface area (Å²) in [6.45, 7) is 6.03. The molecule has 5 nitrogen and oxygen atoms in total. The Bertz CT molecular complexity index is 371. The predicted molar refractivity (Wildman–Crippen MR) is 61.2 cm³/mol. The summed E-state index contributed by atoms with van der Waals surface area (Å²) < 4.78 is 1.57. The van der Waals surface area contributed by atoms with Crippen LogP contribution in [-0.2, 0) is 7.05 Å². The Kier molecular flexibility index (Phi) is 4.06. The number of rotatable bonds is 4. The second-order valence-corrected chi connectivity index (χ2v) is 4.11. The van der Waals surface area contributed by atoms with Crippen LogP contribution < -0.4 is 0 Å². The fraction of sp³-hybridized carbons (Fsp3) is 0.636. The third-order valence-corrected chi connectivity index (χ3v) is 2.45. The van der Waals surface area contributed by atoms with Gasteiger partial charge in [-0.3, -0.25) is 9.48 Å². The van der Waals surface area contributed by atoms with Crippen LogP contribution in [0.4, 0.5) is 0 Å². The van der Waals surface area contributed by atoms with Gasteiger partial charge in [-0.05, 0) is 26.8 Å². The van der Waals surface area contributed by atoms with Crippen LogP contribution in [0.15, 0.2) is 6.07 Å². The molecule has 90 valence electrons. The minimum absolute atomic E-state index is 0.0270. The van der Waals surface area contributed by atoms with E-state index in [0.29, 0.717) is 12.2 Å². The molecule has 1 N–H and O–H groups in total. The largest absolute Gasteiger partial charge is 0.395 e. The molecular weight excluding hydrogens is 206 g/mol. The monoisotopic (exact) mass is 225 g/mol. The normalized spacial score (nSPS) is 10.9. The van der Waals surface area contributed by atoms with Gasteiger partial charge in [0.1, 0.15) is 5.69 Å². The molecule has 1 heterocycles. The first-order valence-corrected chi connectivity index (χ1v) is 5.39. The number of aliphatic hydroxyl groups excluding tert-OH is 1. The summed E-state index contributed by atoms with van der Waals surface area (Å²) in [7, 11) is 1.75. The number of carbonyl (C=O) groups is 1. The molecule has 0 fully saturated rings. The lowest BCUT2D eigenvalue weighted by Gasteiger charge is -2.25. The first-order chi connectivity index (χ1) is 7.47. The van der Waals surface area contributed by atoms with Gasteiger partial charge in [-0.25, -0.2) is 0 Å². The molecule has 1 aromatic heterocycles. The summed E-state index contributed by atoms with van der Waals surface area (Å²) in [5.41, 5.74) is 1.37. The third kappa shape index (κ3) is 2.61. The summed E-state index contributed by atoms with van der Waals surface area (Å²) in [5, 5.41) is 13.1. The predicted octanol–water partition coefficient (Wildman–Crippen LogP) is 0.571. The highest BCUT2D eigenvalue weighted by Crippen LogP contribution is 2.09. The lowest BCUT2D eigenvalue weighted by atomic mass is 10.2. The van der Waals surface area contributed by atoms with E-state index in [0.717, 1.165) is 5.69 Å². The van der Waals surface area contributed by atoms with E-state index in [9.17, 15) is 4.79 Å². The lowest BCUT2D eigenvalue weighted by molar-refractivity contribution is 0.0654. The van der Waals surface area contributed by atoms with Crippen molar-refractivity contribution in [1.29, 1.82) is 0 Å². The van der Waals surface area contributed by atoms with E-state index in [1.807, 2.05) is 20.8 Å². The second-order valence-electron chi connectivity index (χ2n) is 4.11. The van der Waals surface area contributed by atoms with Crippen LogP contribution in [0.3, 0.4) is 0 Å². The van der Waals surface area contributed by atoms with Crippen molar-refractivity contribution >= 4 is 5.91 Å². The van der Waals surface area contributed by atoms with Crippen molar-refractivity contribution in [2.45, 2.75) is 26.8 Å². The minimum atomic E-state index is -0.0906. The molecule has 0 atom stereocenters. The molecular formula is C11H19N3O2. The Hall–Kier alpha value is -1.36. The quantitative estimate of drug-likeness (QED) is 0.815. The van der Waals surface area contributed by atoms with Crippen LogP contribution in [0.25, 0.3) is 0 Å². The Labute approximate surface area is 95.7 Å². The highest BCUT2D eigenvalue weighted by Gasteiger charge is 2.21. The zero-order chi connectivity index (χ0) is 12.3. The van der Waals surface area contributed by atoms with E-state index in [-0.39, 0.29) is 18.6 Å². The number of amides is 1. The zero-order valence-electron chi connectivity index (χ0n) is 10.3. The molecule has 0 aliphatic carbocycles. The summed E-state index contributed by atoms with van der Waals surface area (Å²) in [6, 6.07) is 1.82. The van der Waals surface area contributed by atoms with Gasteiger partial charge in [0, 0.05) is 19.6 Å². The van der Waals surface area contributed by atoms with Gasteiger partial charge in [-0.1, -0.05) is 0 Å². The van der Waals surface area contributed by atoms with Crippen molar-refractivity contribution in [3.8, 4) is 0 Å². The SMILES string of the molecule is Cc1cc(C(=O)N(CCO)C(C)C)n(C)n1. The number of hydrogen-bond donors (Lipinski definition) is 1. The number of aryl methyl sites for hydroxylation is 2. The minimum Gasteiger partial charge on any atom is -0.395 e. The van der Waals surface area contributed by atoms with Crippen LogP contribution in [-0.4, -0.2) is 44.9 Å². The number of aromatic nitrogens is 2. The van der Waals surface area contributed by atoms with E-state index < -0.39 is 0 Å². The number of nitrogens with zero attached hydrogens (tertiary/aromatic N) is 3. The van der Waals surface area contributed by atoms with Gasteiger partial charge < -0.3 is 10.0 Å². The summed E-state index contributed by atoms with van der Waals surface area (Å²) in [4.78, 5) is 13.8. The zero-order valence-corrected chi connectivity index (χ0v) is 10.3. The molecule has 0 bridgehead atoms. The van der Waals surface area contributed by atoms with Crippen molar-refractivity contribution < 1.29 is 9.90 Å². The smallest absolute Gasteiger partial charge is 0.272 e. The molecule has 0 saturated heterocycles. The average Bonchev–Trinajstić information content (AvgIpc) is 2.53. The molecule has 0 saturated carbocycles. The summed E-state index contributed by atoms with van der Waals surface area (Å²) in [5.74, 6) is -0.0906. The molecule has 0 aliphatic heterocycles. The van der Waals surface area contributed by atoms with Crippen LogP contribution in [0.1, 0.15) is 30.0 Å². The van der Waals surface area contributed by atoms with Crippen LogP contribution in [0, 0.1) is 6.92 Å². The van der Waals surface area contributed by atoms with E-state index in [4.69, 9.17) is 5.11 Å². The van der Waals surface area contributed by atoms with Crippen molar-refractivity contribution in [1.82, 2.24) is 14.7 Å². The highest BCUT2D eigenvalue weighted by atomic mass is 16.3. The molecule has 0 radical (unpaired) electrons. The molecule has 1 aromatic rings. The van der Waals surface area contributed by atoms with Crippen molar-refractivity contribution in [3.63, 3.8) is 0 Å². The van der Waals surface area contributed by atoms with Crippen molar-refractivity contribution in [2.75, 3.05) is 13.2 Å². The third-order valence-electron chi connectivity index (χ3n) is 2.45. The van der Waals surface area contributed by atoms with Crippen LogP contribution in [0.2, 0.25) is 0 Å². The Balaban J connectivity index is 2.94. The van der Waals surface area contributed by atoms with Gasteiger partial charge in [-0.15, -0.1) is 0 Å². The second kappa shape index (κ2) is 5.12. The first-order valence-electron chi connectivity index (χ1n) is 5.39. The fourth-order valence-corrected chi connectivity index (χ4v) is 1.66. The van der Waals surface area contributed by atoms with Gasteiger partial charge in [0.2, 0.25) is 0 Å². The number of aliphatic hydroxyl groups is 1. The van der Waals surface area contributed by atoms with E-state index in [1.165, 1.54) is 0 Å². The van der Waals surface area contributed by atoms with Crippen molar-refractivity contribution in [2.24, 2.45) is 7.05 Å². The van der Waals surface area contributed by atoms with E-state index in [2.05, 4.69) is 5.10 Å². The Morgan fingerprint density at radius 3 is 2.62 bits per heavy atom. The Morgan fingerprint density at radius 2 is 2.25 bits per heavy atom. The summed E-state index contributed by atoms with van der Waals surface area (Å²) in [6.07, 6.45) is 0. The molecule has 0 spiro atoms. The average molecular weight is 225 g/mol. The molecule has 0 unspecified atom stereocenters. The molecule has 0 aromatic carbocycles. The maximum absolute atomic E-state index is 12.2. The molecule has 1 rings (SSSR count). The topological polar surface area (TPSA) is 58.4 Å². The fourth-order valence-electron chi connectivity index (χ4n) is 1.66. The van der Waals surface area contributed by atoms with Gasteiger partial charge in [0.15, 0.2) is 0 Å². The van der Waals surface area contributed by atoms with Gasteiger partial charge in [0.25, 0.3) is 5.91 Å². The molecule has 16 heavy (non-hydrogen) atoms. The maximum Gasteiger partial charge on any atom is 0.272 e. The number of hydrogen-bond acceptors (Lipinski definition) is 3. The first kappa shape index (κ1) is 12.7. The van der Waals surface area contributed by atoms with Gasteiger partial charge >= 0.3 is 0 Å². The van der Waals surface area contributed by atoms with Gasteiger partial charge in [0.05, 0.1) is 12.3 Å². The maximum atomic E-state index is 12.2.